The molecule has 5 nitrogen and oxygen atoms in total. The molecule has 4 aromatic rings. The summed E-state index contributed by atoms with van der Waals surface area (Å²) in [6.45, 7) is 1.65. The van der Waals surface area contributed by atoms with Gasteiger partial charge in [-0.25, -0.2) is 4.98 Å². The van der Waals surface area contributed by atoms with Crippen molar-refractivity contribution in [2.24, 2.45) is 0 Å². The summed E-state index contributed by atoms with van der Waals surface area (Å²) in [5.74, 6) is 0.0973. The van der Waals surface area contributed by atoms with E-state index in [0.29, 0.717) is 17.0 Å². The highest BCUT2D eigenvalue weighted by atomic mass is 32.1. The predicted octanol–water partition coefficient (Wildman–Crippen LogP) is 5.24. The number of hydrogen-bond acceptors (Lipinski definition) is 5. The summed E-state index contributed by atoms with van der Waals surface area (Å²) >= 11 is 1.61. The summed E-state index contributed by atoms with van der Waals surface area (Å²) in [5.41, 5.74) is 2.95. The van der Waals surface area contributed by atoms with Crippen molar-refractivity contribution in [2.45, 2.75) is 13.0 Å². The van der Waals surface area contributed by atoms with Crippen LogP contribution in [0.5, 0.6) is 5.75 Å². The van der Waals surface area contributed by atoms with Gasteiger partial charge in [0.05, 0.1) is 15.8 Å². The summed E-state index contributed by atoms with van der Waals surface area (Å²) in [7, 11) is 0. The average Bonchev–Trinajstić information content (AvgIpc) is 3.18. The first-order valence-electron chi connectivity index (χ1n) is 9.07. The SMILES string of the molecule is CC(Oc1ccccc1C#N)C(=O)Nc1cccc(-c2nc3ccccc3s2)c1. The fourth-order valence-corrected chi connectivity index (χ4v) is 3.84. The van der Waals surface area contributed by atoms with Gasteiger partial charge in [0.1, 0.15) is 16.8 Å². The lowest BCUT2D eigenvalue weighted by Crippen LogP contribution is -2.30. The normalized spacial score (nSPS) is 11.6. The van der Waals surface area contributed by atoms with Gasteiger partial charge in [0, 0.05) is 11.3 Å². The maximum absolute atomic E-state index is 12.6. The Kier molecular flexibility index (Phi) is 5.23. The van der Waals surface area contributed by atoms with Crippen LogP contribution in [0.4, 0.5) is 5.69 Å². The maximum atomic E-state index is 12.6. The molecular weight excluding hydrogens is 382 g/mol. The van der Waals surface area contributed by atoms with Crippen LogP contribution in [-0.4, -0.2) is 17.0 Å². The minimum absolute atomic E-state index is 0.292. The molecular formula is C23H17N3O2S. The number of rotatable bonds is 5. The van der Waals surface area contributed by atoms with E-state index in [1.54, 1.807) is 42.5 Å². The predicted molar refractivity (Wildman–Crippen MR) is 115 cm³/mol. The van der Waals surface area contributed by atoms with Crippen LogP contribution in [0, 0.1) is 11.3 Å². The summed E-state index contributed by atoms with van der Waals surface area (Å²) < 4.78 is 6.80. The monoisotopic (exact) mass is 399 g/mol. The molecule has 6 heteroatoms. The van der Waals surface area contributed by atoms with Gasteiger partial charge in [-0.15, -0.1) is 11.3 Å². The number of carbonyl (C=O) groups excluding carboxylic acids is 1. The lowest BCUT2D eigenvalue weighted by Gasteiger charge is -2.15. The van der Waals surface area contributed by atoms with Gasteiger partial charge in [-0.1, -0.05) is 36.4 Å². The molecule has 0 saturated heterocycles. The Morgan fingerprint density at radius 2 is 1.90 bits per heavy atom. The average molecular weight is 399 g/mol. The van der Waals surface area contributed by atoms with Crippen molar-refractivity contribution in [1.29, 1.82) is 5.26 Å². The van der Waals surface area contributed by atoms with Crippen LogP contribution in [-0.2, 0) is 4.79 Å². The number of nitriles is 1. The van der Waals surface area contributed by atoms with Crippen LogP contribution >= 0.6 is 11.3 Å². The van der Waals surface area contributed by atoms with Gasteiger partial charge in [-0.3, -0.25) is 4.79 Å². The van der Waals surface area contributed by atoms with E-state index in [1.807, 2.05) is 48.5 Å². The minimum atomic E-state index is -0.754. The Morgan fingerprint density at radius 3 is 2.72 bits per heavy atom. The fourth-order valence-electron chi connectivity index (χ4n) is 2.88. The Bertz CT molecular complexity index is 1190. The van der Waals surface area contributed by atoms with Crippen molar-refractivity contribution in [3.05, 3.63) is 78.4 Å². The molecule has 0 radical (unpaired) electrons. The number of nitrogens with one attached hydrogen (secondary N) is 1. The van der Waals surface area contributed by atoms with Gasteiger partial charge in [0.25, 0.3) is 5.91 Å². The zero-order valence-corrected chi connectivity index (χ0v) is 16.4. The molecule has 1 atom stereocenters. The third-order valence-corrected chi connectivity index (χ3v) is 5.44. The zero-order chi connectivity index (χ0) is 20.2. The van der Waals surface area contributed by atoms with E-state index in [1.165, 1.54) is 0 Å². The number of ether oxygens (including phenoxy) is 1. The second-order valence-corrected chi connectivity index (χ2v) is 7.46. The molecule has 1 unspecified atom stereocenters. The smallest absolute Gasteiger partial charge is 0.265 e. The van der Waals surface area contributed by atoms with Crippen LogP contribution in [0.15, 0.2) is 72.8 Å². The zero-order valence-electron chi connectivity index (χ0n) is 15.6. The molecule has 0 bridgehead atoms. The van der Waals surface area contributed by atoms with E-state index in [0.717, 1.165) is 20.8 Å². The highest BCUT2D eigenvalue weighted by Gasteiger charge is 2.17. The molecule has 1 amide bonds. The van der Waals surface area contributed by atoms with E-state index >= 15 is 0 Å². The first-order valence-corrected chi connectivity index (χ1v) is 9.88. The van der Waals surface area contributed by atoms with Crippen LogP contribution < -0.4 is 10.1 Å². The quantitative estimate of drug-likeness (QED) is 0.498. The lowest BCUT2D eigenvalue weighted by atomic mass is 10.2. The fraction of sp³-hybridized carbons (Fsp3) is 0.0870. The lowest BCUT2D eigenvalue weighted by molar-refractivity contribution is -0.122. The molecule has 0 spiro atoms. The van der Waals surface area contributed by atoms with E-state index in [2.05, 4.69) is 16.4 Å². The number of aromatic nitrogens is 1. The van der Waals surface area contributed by atoms with Gasteiger partial charge in [0.15, 0.2) is 6.10 Å². The molecule has 1 N–H and O–H groups in total. The largest absolute Gasteiger partial charge is 0.480 e. The molecule has 0 aliphatic carbocycles. The molecule has 0 saturated carbocycles. The van der Waals surface area contributed by atoms with Crippen LogP contribution in [0.25, 0.3) is 20.8 Å². The number of anilines is 1. The minimum Gasteiger partial charge on any atom is -0.480 e. The number of thiazole rings is 1. The number of para-hydroxylation sites is 2. The molecule has 0 fully saturated rings. The summed E-state index contributed by atoms with van der Waals surface area (Å²) in [6.07, 6.45) is -0.754. The molecule has 1 aromatic heterocycles. The summed E-state index contributed by atoms with van der Waals surface area (Å²) in [4.78, 5) is 17.2. The van der Waals surface area contributed by atoms with E-state index in [9.17, 15) is 4.79 Å². The van der Waals surface area contributed by atoms with E-state index in [4.69, 9.17) is 10.00 Å². The molecule has 4 rings (SSSR count). The van der Waals surface area contributed by atoms with Crippen molar-refractivity contribution in [3.63, 3.8) is 0 Å². The summed E-state index contributed by atoms with van der Waals surface area (Å²) in [5, 5.41) is 12.9. The second-order valence-electron chi connectivity index (χ2n) is 6.42. The van der Waals surface area contributed by atoms with E-state index in [-0.39, 0.29) is 5.91 Å². The number of nitrogens with zero attached hydrogens (tertiary/aromatic N) is 2. The number of benzene rings is 3. The highest BCUT2D eigenvalue weighted by Crippen LogP contribution is 2.31. The van der Waals surface area contributed by atoms with Crippen molar-refractivity contribution < 1.29 is 9.53 Å². The molecule has 0 aliphatic rings. The van der Waals surface area contributed by atoms with Gasteiger partial charge in [-0.2, -0.15) is 5.26 Å². The van der Waals surface area contributed by atoms with E-state index < -0.39 is 6.10 Å². The summed E-state index contributed by atoms with van der Waals surface area (Å²) in [6, 6.07) is 24.5. The standard InChI is InChI=1S/C23H17N3O2S/c1-15(28-20-11-4-2-7-17(20)14-24)22(27)25-18-9-6-8-16(13-18)23-26-19-10-3-5-12-21(19)29-23/h2-13,15H,1H3,(H,25,27). The van der Waals surface area contributed by atoms with Crippen molar-refractivity contribution in [1.82, 2.24) is 4.98 Å². The van der Waals surface area contributed by atoms with Gasteiger partial charge < -0.3 is 10.1 Å². The molecule has 3 aromatic carbocycles. The van der Waals surface area contributed by atoms with Crippen molar-refractivity contribution in [2.75, 3.05) is 5.32 Å². The second kappa shape index (κ2) is 8.13. The Morgan fingerprint density at radius 1 is 1.10 bits per heavy atom. The van der Waals surface area contributed by atoms with Crippen LogP contribution in [0.1, 0.15) is 12.5 Å². The third kappa shape index (κ3) is 4.10. The topological polar surface area (TPSA) is 75.0 Å². The van der Waals surface area contributed by atoms with Crippen molar-refractivity contribution in [3.8, 4) is 22.4 Å². The van der Waals surface area contributed by atoms with Crippen LogP contribution in [0.3, 0.4) is 0 Å². The first kappa shape index (κ1) is 18.7. The molecule has 1 heterocycles. The number of carbonyl (C=O) groups is 1. The molecule has 29 heavy (non-hydrogen) atoms. The Labute approximate surface area is 172 Å². The van der Waals surface area contributed by atoms with Gasteiger partial charge in [0.2, 0.25) is 0 Å². The third-order valence-electron chi connectivity index (χ3n) is 4.35. The molecule has 142 valence electrons. The van der Waals surface area contributed by atoms with Gasteiger partial charge >= 0.3 is 0 Å². The first-order chi connectivity index (χ1) is 14.1. The maximum Gasteiger partial charge on any atom is 0.265 e. The Balaban J connectivity index is 1.50. The highest BCUT2D eigenvalue weighted by molar-refractivity contribution is 7.21. The number of fused-ring (bicyclic) bond motifs is 1. The Hall–Kier alpha value is -3.69. The number of amides is 1. The molecule has 0 aliphatic heterocycles. The number of hydrogen-bond donors (Lipinski definition) is 1. The van der Waals surface area contributed by atoms with Gasteiger partial charge in [-0.05, 0) is 43.3 Å². The van der Waals surface area contributed by atoms with Crippen molar-refractivity contribution >= 4 is 33.1 Å². The van der Waals surface area contributed by atoms with Crippen LogP contribution in [0.2, 0.25) is 0 Å².